The standard InChI is InChI=1S/C29H23F3O10/c1-3-26(33)40-17-37-20-7-5-19(6-8-20)28(35)42-23-13-14-25(24(15-23)29(30,31)32)39-16-36-21-9-11-22(12-10-21)38-18-41-27(34)4-2/h3-15H,1-2,16-18H2. The molecule has 3 aromatic rings. The highest BCUT2D eigenvalue weighted by Crippen LogP contribution is 2.38. The van der Waals surface area contributed by atoms with E-state index in [4.69, 9.17) is 23.7 Å². The molecule has 0 bridgehead atoms. The van der Waals surface area contributed by atoms with Gasteiger partial charge >= 0.3 is 24.1 Å². The quantitative estimate of drug-likeness (QED) is 0.104. The molecule has 0 fully saturated rings. The molecule has 220 valence electrons. The van der Waals surface area contributed by atoms with Crippen LogP contribution in [0.5, 0.6) is 28.7 Å². The van der Waals surface area contributed by atoms with E-state index < -0.39 is 42.2 Å². The second-order valence-electron chi connectivity index (χ2n) is 7.81. The van der Waals surface area contributed by atoms with Crippen molar-refractivity contribution in [3.05, 3.63) is 103 Å². The van der Waals surface area contributed by atoms with Gasteiger partial charge in [-0.3, -0.25) is 0 Å². The van der Waals surface area contributed by atoms with Gasteiger partial charge in [0.15, 0.2) is 0 Å². The molecule has 0 saturated heterocycles. The molecule has 13 heteroatoms. The van der Waals surface area contributed by atoms with Gasteiger partial charge in [0.2, 0.25) is 20.4 Å². The zero-order chi connectivity index (χ0) is 30.5. The highest BCUT2D eigenvalue weighted by Gasteiger charge is 2.35. The van der Waals surface area contributed by atoms with E-state index in [9.17, 15) is 27.6 Å². The minimum absolute atomic E-state index is 0.0296. The van der Waals surface area contributed by atoms with Gasteiger partial charge in [-0.05, 0) is 66.7 Å². The lowest BCUT2D eigenvalue weighted by Crippen LogP contribution is -2.14. The van der Waals surface area contributed by atoms with E-state index in [2.05, 4.69) is 22.6 Å². The SMILES string of the molecule is C=CC(=O)OCOc1ccc(OCOc2ccc(OC(=O)c3ccc(OCOC(=O)C=C)cc3)cc2C(F)(F)F)cc1. The van der Waals surface area contributed by atoms with E-state index in [-0.39, 0.29) is 36.4 Å². The van der Waals surface area contributed by atoms with Crippen molar-refractivity contribution in [2.24, 2.45) is 0 Å². The first kappa shape index (κ1) is 31.1. The molecule has 0 heterocycles. The minimum Gasteiger partial charge on any atom is -0.457 e. The molecule has 42 heavy (non-hydrogen) atoms. The molecule has 3 aromatic carbocycles. The highest BCUT2D eigenvalue weighted by atomic mass is 19.4. The van der Waals surface area contributed by atoms with Gasteiger partial charge in [0.25, 0.3) is 0 Å². The van der Waals surface area contributed by atoms with Gasteiger partial charge in [0.05, 0.1) is 5.56 Å². The van der Waals surface area contributed by atoms with Crippen molar-refractivity contribution in [1.29, 1.82) is 0 Å². The number of benzene rings is 3. The number of hydrogen-bond acceptors (Lipinski definition) is 10. The molecule has 10 nitrogen and oxygen atoms in total. The molecule has 0 aliphatic heterocycles. The maximum absolute atomic E-state index is 13.7. The average Bonchev–Trinajstić information content (AvgIpc) is 2.98. The van der Waals surface area contributed by atoms with Crippen LogP contribution in [0.2, 0.25) is 0 Å². The molecular weight excluding hydrogens is 565 g/mol. The summed E-state index contributed by atoms with van der Waals surface area (Å²) in [5.41, 5.74) is -1.16. The summed E-state index contributed by atoms with van der Waals surface area (Å²) in [6.07, 6.45) is -2.88. The van der Waals surface area contributed by atoms with E-state index in [1.54, 1.807) is 0 Å². The molecule has 0 radical (unpaired) electrons. The Balaban J connectivity index is 1.56. The summed E-state index contributed by atoms with van der Waals surface area (Å²) in [6.45, 7) is 5.21. The minimum atomic E-state index is -4.83. The Morgan fingerprint density at radius 3 is 1.57 bits per heavy atom. The van der Waals surface area contributed by atoms with Crippen molar-refractivity contribution in [2.45, 2.75) is 6.18 Å². The van der Waals surface area contributed by atoms with E-state index in [1.807, 2.05) is 0 Å². The van der Waals surface area contributed by atoms with Crippen LogP contribution in [-0.4, -0.2) is 38.3 Å². The number of rotatable bonds is 14. The van der Waals surface area contributed by atoms with Crippen molar-refractivity contribution >= 4 is 17.9 Å². The lowest BCUT2D eigenvalue weighted by atomic mass is 10.1. The maximum atomic E-state index is 13.7. The van der Waals surface area contributed by atoms with E-state index in [0.717, 1.165) is 24.3 Å². The molecule has 0 saturated carbocycles. The monoisotopic (exact) mass is 588 g/mol. The molecule has 0 aromatic heterocycles. The zero-order valence-electron chi connectivity index (χ0n) is 21.8. The molecule has 0 atom stereocenters. The Morgan fingerprint density at radius 1 is 0.643 bits per heavy atom. The van der Waals surface area contributed by atoms with Gasteiger partial charge in [-0.2, -0.15) is 13.2 Å². The third kappa shape index (κ3) is 9.62. The van der Waals surface area contributed by atoms with Crippen molar-refractivity contribution < 1.29 is 60.7 Å². The Labute approximate surface area is 237 Å². The lowest BCUT2D eigenvalue weighted by molar-refractivity contribution is -0.145. The number of carbonyl (C=O) groups excluding carboxylic acids is 3. The fourth-order valence-electron chi connectivity index (χ4n) is 3.00. The normalized spacial score (nSPS) is 10.5. The molecule has 0 amide bonds. The van der Waals surface area contributed by atoms with Crippen molar-refractivity contribution in [3.8, 4) is 28.7 Å². The summed E-state index contributed by atoms with van der Waals surface area (Å²) in [6, 6.07) is 14.1. The van der Waals surface area contributed by atoms with E-state index in [0.29, 0.717) is 11.8 Å². The predicted molar refractivity (Wildman–Crippen MR) is 139 cm³/mol. The molecule has 3 rings (SSSR count). The first-order chi connectivity index (χ1) is 20.1. The van der Waals surface area contributed by atoms with Crippen LogP contribution in [0.1, 0.15) is 15.9 Å². The number of halogens is 3. The first-order valence-electron chi connectivity index (χ1n) is 11.8. The Hall–Kier alpha value is -5.46. The molecule has 0 N–H and O–H groups in total. The fourth-order valence-corrected chi connectivity index (χ4v) is 3.00. The van der Waals surface area contributed by atoms with E-state index >= 15 is 0 Å². The Bertz CT molecular complexity index is 1400. The molecule has 0 aliphatic carbocycles. The van der Waals surface area contributed by atoms with E-state index in [1.165, 1.54) is 48.5 Å². The largest absolute Gasteiger partial charge is 0.457 e. The van der Waals surface area contributed by atoms with Gasteiger partial charge in [0.1, 0.15) is 34.3 Å². The molecule has 0 spiro atoms. The Kier molecular flexibility index (Phi) is 10.9. The molecule has 0 aliphatic rings. The van der Waals surface area contributed by atoms with Crippen LogP contribution in [0.25, 0.3) is 0 Å². The smallest absolute Gasteiger partial charge is 0.420 e. The van der Waals surface area contributed by atoms with Crippen LogP contribution in [0.4, 0.5) is 13.2 Å². The topological polar surface area (TPSA) is 116 Å². The number of carbonyl (C=O) groups is 3. The Morgan fingerprint density at radius 2 is 1.10 bits per heavy atom. The second kappa shape index (κ2) is 14.8. The molecular formula is C29H23F3O10. The maximum Gasteiger partial charge on any atom is 0.420 e. The van der Waals surface area contributed by atoms with Crippen molar-refractivity contribution in [2.75, 3.05) is 20.4 Å². The van der Waals surface area contributed by atoms with Crippen LogP contribution >= 0.6 is 0 Å². The number of alkyl halides is 3. The second-order valence-corrected chi connectivity index (χ2v) is 7.81. The van der Waals surface area contributed by atoms with Crippen LogP contribution < -0.4 is 23.7 Å². The lowest BCUT2D eigenvalue weighted by Gasteiger charge is -2.16. The zero-order valence-corrected chi connectivity index (χ0v) is 21.8. The van der Waals surface area contributed by atoms with Crippen LogP contribution in [0.15, 0.2) is 92.0 Å². The van der Waals surface area contributed by atoms with Gasteiger partial charge in [0, 0.05) is 12.2 Å². The number of esters is 3. The predicted octanol–water partition coefficient (Wildman–Crippen LogP) is 5.47. The summed E-state index contributed by atoms with van der Waals surface area (Å²) < 4.78 is 76.5. The number of ether oxygens (including phenoxy) is 7. The summed E-state index contributed by atoms with van der Waals surface area (Å²) in [7, 11) is 0. The van der Waals surface area contributed by atoms with Gasteiger partial charge < -0.3 is 33.2 Å². The number of hydrogen-bond donors (Lipinski definition) is 0. The van der Waals surface area contributed by atoms with Crippen molar-refractivity contribution in [3.63, 3.8) is 0 Å². The summed E-state index contributed by atoms with van der Waals surface area (Å²) >= 11 is 0. The third-order valence-electron chi connectivity index (χ3n) is 5.01. The summed E-state index contributed by atoms with van der Waals surface area (Å²) in [5, 5.41) is 0. The molecule has 0 unspecified atom stereocenters. The first-order valence-corrected chi connectivity index (χ1v) is 11.8. The third-order valence-corrected chi connectivity index (χ3v) is 5.01. The van der Waals surface area contributed by atoms with Gasteiger partial charge in [-0.1, -0.05) is 13.2 Å². The van der Waals surface area contributed by atoms with Crippen molar-refractivity contribution in [1.82, 2.24) is 0 Å². The highest BCUT2D eigenvalue weighted by molar-refractivity contribution is 5.91. The van der Waals surface area contributed by atoms with Gasteiger partial charge in [-0.25, -0.2) is 14.4 Å². The van der Waals surface area contributed by atoms with Crippen LogP contribution in [0.3, 0.4) is 0 Å². The summed E-state index contributed by atoms with van der Waals surface area (Å²) in [4.78, 5) is 34.5. The average molecular weight is 588 g/mol. The summed E-state index contributed by atoms with van der Waals surface area (Å²) in [5.74, 6) is -2.30. The van der Waals surface area contributed by atoms with Gasteiger partial charge in [-0.15, -0.1) is 0 Å². The fraction of sp³-hybridized carbons (Fsp3) is 0.138. The van der Waals surface area contributed by atoms with Crippen LogP contribution in [-0.2, 0) is 25.2 Å². The van der Waals surface area contributed by atoms with Crippen LogP contribution in [0, 0.1) is 0 Å².